The van der Waals surface area contributed by atoms with E-state index in [0.717, 1.165) is 16.9 Å². The first kappa shape index (κ1) is 22.8. The standard InChI is InChI=1S/C26H25N5O3S/c1-3-34-19-15-13-17(14-16-19)22-23(25(32)27-20-11-7-8-12-21(20)33-2)35-26-29-28-24(31(26)30-22)18-9-5-4-6-10-18/h4-16,22-23,30H,3H2,1-2H3,(H,27,32)/t22-,23-/m1/s1. The SMILES string of the molecule is CCOc1ccc([C@H]2Nn3c(nnc3-c3ccccc3)S[C@H]2C(=O)Nc2ccccc2OC)cc1. The first-order chi connectivity index (χ1) is 17.2. The second-order valence-electron chi connectivity index (χ2n) is 7.84. The lowest BCUT2D eigenvalue weighted by Gasteiger charge is -2.33. The number of anilines is 1. The fourth-order valence-corrected chi connectivity index (χ4v) is 5.05. The first-order valence-electron chi connectivity index (χ1n) is 11.3. The average Bonchev–Trinajstić information content (AvgIpc) is 3.32. The summed E-state index contributed by atoms with van der Waals surface area (Å²) in [6.45, 7) is 2.54. The Morgan fingerprint density at radius 1 is 1.03 bits per heavy atom. The number of carbonyl (C=O) groups excluding carboxylic acids is 1. The minimum Gasteiger partial charge on any atom is -0.495 e. The van der Waals surface area contributed by atoms with Crippen molar-refractivity contribution in [3.05, 3.63) is 84.4 Å². The molecule has 5 rings (SSSR count). The summed E-state index contributed by atoms with van der Waals surface area (Å²) in [5, 5.41) is 11.9. The van der Waals surface area contributed by atoms with E-state index in [1.807, 2.05) is 90.5 Å². The highest BCUT2D eigenvalue weighted by molar-refractivity contribution is 8.00. The van der Waals surface area contributed by atoms with Gasteiger partial charge in [0.15, 0.2) is 5.82 Å². The normalized spacial score (nSPS) is 16.6. The monoisotopic (exact) mass is 487 g/mol. The molecule has 0 spiro atoms. The van der Waals surface area contributed by atoms with Gasteiger partial charge in [-0.25, -0.2) is 4.68 Å². The van der Waals surface area contributed by atoms with Crippen molar-refractivity contribution in [2.75, 3.05) is 24.5 Å². The Morgan fingerprint density at radius 3 is 2.51 bits per heavy atom. The summed E-state index contributed by atoms with van der Waals surface area (Å²) in [6, 6.07) is 24.6. The highest BCUT2D eigenvalue weighted by atomic mass is 32.2. The topological polar surface area (TPSA) is 90.3 Å². The Hall–Kier alpha value is -3.98. The van der Waals surface area contributed by atoms with E-state index >= 15 is 0 Å². The molecule has 0 aliphatic carbocycles. The number of ether oxygens (including phenoxy) is 2. The zero-order valence-electron chi connectivity index (χ0n) is 19.3. The van der Waals surface area contributed by atoms with Gasteiger partial charge in [-0.2, -0.15) is 0 Å². The number of benzene rings is 3. The van der Waals surface area contributed by atoms with Crippen molar-refractivity contribution >= 4 is 23.4 Å². The van der Waals surface area contributed by atoms with Crippen molar-refractivity contribution in [2.45, 2.75) is 23.4 Å². The van der Waals surface area contributed by atoms with Crippen LogP contribution < -0.4 is 20.2 Å². The molecule has 3 aromatic carbocycles. The lowest BCUT2D eigenvalue weighted by molar-refractivity contribution is -0.116. The number of rotatable bonds is 7. The van der Waals surface area contributed by atoms with Gasteiger partial charge in [-0.1, -0.05) is 66.4 Å². The molecule has 1 aliphatic rings. The van der Waals surface area contributed by atoms with Crippen molar-refractivity contribution in [2.24, 2.45) is 0 Å². The van der Waals surface area contributed by atoms with Gasteiger partial charge in [0.25, 0.3) is 0 Å². The molecule has 2 N–H and O–H groups in total. The van der Waals surface area contributed by atoms with E-state index in [0.29, 0.717) is 29.0 Å². The lowest BCUT2D eigenvalue weighted by Crippen LogP contribution is -2.41. The third-order valence-electron chi connectivity index (χ3n) is 5.64. The second-order valence-corrected chi connectivity index (χ2v) is 8.95. The molecule has 1 amide bonds. The number of hydrogen-bond donors (Lipinski definition) is 2. The van der Waals surface area contributed by atoms with Gasteiger partial charge < -0.3 is 20.2 Å². The number of para-hydroxylation sites is 2. The third-order valence-corrected chi connectivity index (χ3v) is 6.86. The Bertz CT molecular complexity index is 1310. The summed E-state index contributed by atoms with van der Waals surface area (Å²) in [5.41, 5.74) is 5.99. The maximum absolute atomic E-state index is 13.6. The molecule has 4 aromatic rings. The van der Waals surface area contributed by atoms with Crippen molar-refractivity contribution < 1.29 is 14.3 Å². The van der Waals surface area contributed by atoms with Gasteiger partial charge in [-0.3, -0.25) is 4.79 Å². The summed E-state index contributed by atoms with van der Waals surface area (Å²) in [5.74, 6) is 1.90. The smallest absolute Gasteiger partial charge is 0.240 e. The maximum atomic E-state index is 13.6. The van der Waals surface area contributed by atoms with Gasteiger partial charge in [0, 0.05) is 5.56 Å². The third kappa shape index (κ3) is 4.67. The predicted octanol–water partition coefficient (Wildman–Crippen LogP) is 4.75. The van der Waals surface area contributed by atoms with Gasteiger partial charge in [-0.15, -0.1) is 10.2 Å². The fraction of sp³-hybridized carbons (Fsp3) is 0.192. The molecule has 0 radical (unpaired) electrons. The molecule has 0 bridgehead atoms. The van der Waals surface area contributed by atoms with E-state index in [1.165, 1.54) is 11.8 Å². The zero-order valence-corrected chi connectivity index (χ0v) is 20.2. The molecule has 8 nitrogen and oxygen atoms in total. The van der Waals surface area contributed by atoms with Gasteiger partial charge in [-0.05, 0) is 36.8 Å². The second kappa shape index (κ2) is 10.1. The Labute approximate surface area is 207 Å². The van der Waals surface area contributed by atoms with Crippen molar-refractivity contribution in [3.8, 4) is 22.9 Å². The summed E-state index contributed by atoms with van der Waals surface area (Å²) in [7, 11) is 1.58. The molecule has 0 saturated carbocycles. The number of thioether (sulfide) groups is 1. The van der Waals surface area contributed by atoms with Crippen LogP contribution in [0.1, 0.15) is 18.5 Å². The van der Waals surface area contributed by atoms with E-state index in [2.05, 4.69) is 20.9 Å². The van der Waals surface area contributed by atoms with Crippen LogP contribution in [-0.2, 0) is 4.79 Å². The molecule has 2 atom stereocenters. The van der Waals surface area contributed by atoms with Crippen LogP contribution in [0.15, 0.2) is 84.0 Å². The van der Waals surface area contributed by atoms with Crippen molar-refractivity contribution in [1.29, 1.82) is 0 Å². The summed E-state index contributed by atoms with van der Waals surface area (Å²) in [4.78, 5) is 13.6. The van der Waals surface area contributed by atoms with Crippen LogP contribution in [0.3, 0.4) is 0 Å². The van der Waals surface area contributed by atoms with Crippen LogP contribution in [0.2, 0.25) is 0 Å². The average molecular weight is 488 g/mol. The molecular weight excluding hydrogens is 462 g/mol. The Morgan fingerprint density at radius 2 is 1.77 bits per heavy atom. The van der Waals surface area contributed by atoms with E-state index in [1.54, 1.807) is 7.11 Å². The number of methoxy groups -OCH3 is 1. The highest BCUT2D eigenvalue weighted by Gasteiger charge is 2.38. The number of aromatic nitrogens is 3. The summed E-state index contributed by atoms with van der Waals surface area (Å²) in [6.07, 6.45) is 0. The van der Waals surface area contributed by atoms with Gasteiger partial charge in [0.2, 0.25) is 11.1 Å². The molecule has 1 aromatic heterocycles. The van der Waals surface area contributed by atoms with Gasteiger partial charge in [0.1, 0.15) is 16.7 Å². The quantitative estimate of drug-likeness (QED) is 0.389. The molecule has 0 unspecified atom stereocenters. The maximum Gasteiger partial charge on any atom is 0.240 e. The predicted molar refractivity (Wildman–Crippen MR) is 136 cm³/mol. The number of fused-ring (bicyclic) bond motifs is 1. The van der Waals surface area contributed by atoms with E-state index < -0.39 is 5.25 Å². The number of amides is 1. The number of carbonyl (C=O) groups is 1. The van der Waals surface area contributed by atoms with Crippen LogP contribution in [0.5, 0.6) is 11.5 Å². The van der Waals surface area contributed by atoms with E-state index in [-0.39, 0.29) is 11.9 Å². The van der Waals surface area contributed by atoms with Crippen LogP contribution >= 0.6 is 11.8 Å². The molecule has 35 heavy (non-hydrogen) atoms. The molecule has 9 heteroatoms. The Balaban J connectivity index is 1.50. The molecule has 178 valence electrons. The lowest BCUT2D eigenvalue weighted by atomic mass is 10.0. The molecule has 0 fully saturated rings. The van der Waals surface area contributed by atoms with Crippen LogP contribution in [0.4, 0.5) is 5.69 Å². The number of hydrogen-bond acceptors (Lipinski definition) is 7. The van der Waals surface area contributed by atoms with E-state index in [9.17, 15) is 4.79 Å². The van der Waals surface area contributed by atoms with Gasteiger partial charge >= 0.3 is 0 Å². The van der Waals surface area contributed by atoms with Gasteiger partial charge in [0.05, 0.1) is 25.4 Å². The fourth-order valence-electron chi connectivity index (χ4n) is 3.97. The van der Waals surface area contributed by atoms with E-state index in [4.69, 9.17) is 9.47 Å². The Kier molecular flexibility index (Phi) is 6.58. The van der Waals surface area contributed by atoms with Crippen LogP contribution in [0, 0.1) is 0 Å². The molecule has 1 aliphatic heterocycles. The highest BCUT2D eigenvalue weighted by Crippen LogP contribution is 2.39. The largest absolute Gasteiger partial charge is 0.495 e. The summed E-state index contributed by atoms with van der Waals surface area (Å²) >= 11 is 1.37. The van der Waals surface area contributed by atoms with Crippen LogP contribution in [0.25, 0.3) is 11.4 Å². The summed E-state index contributed by atoms with van der Waals surface area (Å²) < 4.78 is 12.9. The minimum atomic E-state index is -0.516. The number of nitrogens with one attached hydrogen (secondary N) is 2. The van der Waals surface area contributed by atoms with Crippen molar-refractivity contribution in [3.63, 3.8) is 0 Å². The minimum absolute atomic E-state index is 0.165. The van der Waals surface area contributed by atoms with Crippen molar-refractivity contribution in [1.82, 2.24) is 14.9 Å². The molecule has 2 heterocycles. The number of nitrogens with zero attached hydrogens (tertiary/aromatic N) is 3. The van der Waals surface area contributed by atoms with Crippen LogP contribution in [-0.4, -0.2) is 39.7 Å². The molecular formula is C26H25N5O3S. The molecule has 0 saturated heterocycles. The zero-order chi connectivity index (χ0) is 24.2. The first-order valence-corrected chi connectivity index (χ1v) is 12.2.